The van der Waals surface area contributed by atoms with Gasteiger partial charge in [0.2, 0.25) is 0 Å². The van der Waals surface area contributed by atoms with Crippen molar-refractivity contribution in [2.75, 3.05) is 31.6 Å². The van der Waals surface area contributed by atoms with Gasteiger partial charge in [0.25, 0.3) is 5.91 Å². The summed E-state index contributed by atoms with van der Waals surface area (Å²) in [4.78, 5) is 30.7. The molecule has 3 heterocycles. The Bertz CT molecular complexity index is 1260. The number of carbonyl (C=O) groups is 2. The monoisotopic (exact) mass is 537 g/mol. The molecule has 0 saturated carbocycles. The fourth-order valence-corrected chi connectivity index (χ4v) is 5.03. The van der Waals surface area contributed by atoms with Gasteiger partial charge in [-0.1, -0.05) is 24.3 Å². The Morgan fingerprint density at radius 3 is 2.69 bits per heavy atom. The second-order valence-electron chi connectivity index (χ2n) is 8.59. The van der Waals surface area contributed by atoms with Crippen molar-refractivity contribution in [2.45, 2.75) is 13.0 Å². The molecule has 0 aliphatic carbocycles. The standard InChI is InChI=1S/C26H24BrN3O5/c27-24-19(17-5-6-21-22(12-17)35-11-10-34-21)2-1-3-20(24)25(31)29-23-7-4-16(13-28-23)14-30-9-8-18(15-30)26(32)33/h1-7,12-13,18H,8-11,14-15H2,(H,32,33)(H,28,29,31)/t18-/m0/s1. The molecule has 1 fully saturated rings. The lowest BCUT2D eigenvalue weighted by Crippen LogP contribution is -2.23. The van der Waals surface area contributed by atoms with Gasteiger partial charge in [0.15, 0.2) is 11.5 Å². The predicted molar refractivity (Wildman–Crippen MR) is 134 cm³/mol. The van der Waals surface area contributed by atoms with E-state index in [4.69, 9.17) is 14.6 Å². The average molecular weight is 538 g/mol. The third kappa shape index (κ3) is 5.16. The van der Waals surface area contributed by atoms with Gasteiger partial charge in [0, 0.05) is 23.8 Å². The van der Waals surface area contributed by atoms with Crippen molar-refractivity contribution in [2.24, 2.45) is 5.92 Å². The largest absolute Gasteiger partial charge is 0.486 e. The third-order valence-corrected chi connectivity index (χ3v) is 7.04. The quantitative estimate of drug-likeness (QED) is 0.479. The van der Waals surface area contributed by atoms with E-state index in [1.54, 1.807) is 18.3 Å². The fraction of sp³-hybridized carbons (Fsp3) is 0.269. The maximum Gasteiger partial charge on any atom is 0.307 e. The van der Waals surface area contributed by atoms with Gasteiger partial charge in [-0.3, -0.25) is 14.5 Å². The number of amides is 1. The van der Waals surface area contributed by atoms with Crippen molar-refractivity contribution in [1.29, 1.82) is 0 Å². The van der Waals surface area contributed by atoms with Crippen molar-refractivity contribution in [1.82, 2.24) is 9.88 Å². The van der Waals surface area contributed by atoms with Gasteiger partial charge in [-0.15, -0.1) is 0 Å². The number of aliphatic carboxylic acids is 1. The molecule has 8 nitrogen and oxygen atoms in total. The molecule has 5 rings (SSSR count). The highest BCUT2D eigenvalue weighted by atomic mass is 79.9. The number of ether oxygens (including phenoxy) is 2. The first-order valence-corrected chi connectivity index (χ1v) is 12.2. The summed E-state index contributed by atoms with van der Waals surface area (Å²) in [6, 6.07) is 14.9. The van der Waals surface area contributed by atoms with Crippen LogP contribution in [0.15, 0.2) is 59.2 Å². The summed E-state index contributed by atoms with van der Waals surface area (Å²) < 4.78 is 12.0. The van der Waals surface area contributed by atoms with E-state index in [1.165, 1.54) is 0 Å². The number of nitrogens with zero attached hydrogens (tertiary/aromatic N) is 2. The molecule has 0 radical (unpaired) electrons. The zero-order valence-corrected chi connectivity index (χ0v) is 20.5. The Morgan fingerprint density at radius 1 is 1.11 bits per heavy atom. The smallest absolute Gasteiger partial charge is 0.307 e. The average Bonchev–Trinajstić information content (AvgIpc) is 3.34. The maximum absolute atomic E-state index is 13.0. The number of carboxylic acids is 1. The van der Waals surface area contributed by atoms with Crippen LogP contribution < -0.4 is 14.8 Å². The second kappa shape index (κ2) is 10.1. The van der Waals surface area contributed by atoms with E-state index < -0.39 is 5.97 Å². The van der Waals surface area contributed by atoms with Crippen molar-refractivity contribution >= 4 is 33.6 Å². The number of anilines is 1. The molecule has 1 amide bonds. The lowest BCUT2D eigenvalue weighted by atomic mass is 10.0. The number of hydrogen-bond donors (Lipinski definition) is 2. The molecular weight excluding hydrogens is 514 g/mol. The van der Waals surface area contributed by atoms with E-state index in [0.29, 0.717) is 60.1 Å². The van der Waals surface area contributed by atoms with Gasteiger partial charge in [0.1, 0.15) is 19.0 Å². The van der Waals surface area contributed by atoms with Crippen molar-refractivity contribution in [3.05, 3.63) is 70.3 Å². The van der Waals surface area contributed by atoms with Crippen LogP contribution in [0, 0.1) is 5.92 Å². The molecule has 0 unspecified atom stereocenters. The lowest BCUT2D eigenvalue weighted by molar-refractivity contribution is -0.141. The number of pyridine rings is 1. The third-order valence-electron chi connectivity index (χ3n) is 6.19. The summed E-state index contributed by atoms with van der Waals surface area (Å²) >= 11 is 3.60. The van der Waals surface area contributed by atoms with Crippen molar-refractivity contribution < 1.29 is 24.2 Å². The summed E-state index contributed by atoms with van der Waals surface area (Å²) in [5, 5.41) is 12.0. The first kappa shape index (κ1) is 23.3. The Morgan fingerprint density at radius 2 is 1.94 bits per heavy atom. The Hall–Kier alpha value is -3.43. The lowest BCUT2D eigenvalue weighted by Gasteiger charge is -2.19. The van der Waals surface area contributed by atoms with Gasteiger partial charge in [-0.2, -0.15) is 0 Å². The first-order valence-electron chi connectivity index (χ1n) is 11.4. The fourth-order valence-electron chi connectivity index (χ4n) is 4.35. The Kier molecular flexibility index (Phi) is 6.70. The number of carboxylic acid groups (broad SMARTS) is 1. The molecule has 1 atom stereocenters. The molecule has 9 heteroatoms. The van der Waals surface area contributed by atoms with Gasteiger partial charge < -0.3 is 19.9 Å². The van der Waals surface area contributed by atoms with Gasteiger partial charge >= 0.3 is 5.97 Å². The van der Waals surface area contributed by atoms with Gasteiger partial charge in [0.05, 0.1) is 11.5 Å². The zero-order valence-electron chi connectivity index (χ0n) is 18.9. The molecule has 2 N–H and O–H groups in total. The van der Waals surface area contributed by atoms with Crippen molar-refractivity contribution in [3.63, 3.8) is 0 Å². The number of nitrogens with one attached hydrogen (secondary N) is 1. The number of likely N-dealkylation sites (tertiary alicyclic amines) is 1. The molecule has 2 aromatic carbocycles. The van der Waals surface area contributed by atoms with E-state index >= 15 is 0 Å². The predicted octanol–water partition coefficient (Wildman–Crippen LogP) is 4.44. The topological polar surface area (TPSA) is 101 Å². The van der Waals surface area contributed by atoms with E-state index in [2.05, 4.69) is 31.1 Å². The van der Waals surface area contributed by atoms with E-state index in [1.807, 2.05) is 36.4 Å². The van der Waals surface area contributed by atoms with Gasteiger partial charge in [-0.25, -0.2) is 4.98 Å². The number of halogens is 1. The van der Waals surface area contributed by atoms with Crippen LogP contribution in [0.25, 0.3) is 11.1 Å². The molecular formula is C26H24BrN3O5. The molecule has 1 saturated heterocycles. The Labute approximate surface area is 211 Å². The number of rotatable bonds is 6. The van der Waals surface area contributed by atoms with Crippen LogP contribution in [0.5, 0.6) is 11.5 Å². The molecule has 35 heavy (non-hydrogen) atoms. The summed E-state index contributed by atoms with van der Waals surface area (Å²) in [5.41, 5.74) is 3.23. The highest BCUT2D eigenvalue weighted by Crippen LogP contribution is 2.38. The second-order valence-corrected chi connectivity index (χ2v) is 9.38. The molecule has 0 spiro atoms. The molecule has 3 aromatic rings. The van der Waals surface area contributed by atoms with Crippen LogP contribution >= 0.6 is 15.9 Å². The van der Waals surface area contributed by atoms with Crippen LogP contribution in [0.1, 0.15) is 22.3 Å². The molecule has 1 aromatic heterocycles. The summed E-state index contributed by atoms with van der Waals surface area (Å²) in [6.07, 6.45) is 2.38. The summed E-state index contributed by atoms with van der Waals surface area (Å²) in [7, 11) is 0. The minimum atomic E-state index is -0.743. The number of fused-ring (bicyclic) bond motifs is 1. The highest BCUT2D eigenvalue weighted by Gasteiger charge is 2.27. The minimum absolute atomic E-state index is 0.277. The molecule has 2 aliphatic rings. The summed E-state index contributed by atoms with van der Waals surface area (Å²) in [6.45, 7) is 2.97. The number of benzene rings is 2. The van der Waals surface area contributed by atoms with E-state index in [9.17, 15) is 9.59 Å². The molecule has 0 bridgehead atoms. The SMILES string of the molecule is O=C(Nc1ccc(CN2CC[C@H](C(=O)O)C2)cn1)c1cccc(-c2ccc3c(c2)OCCO3)c1Br. The first-order chi connectivity index (χ1) is 17.0. The van der Waals surface area contributed by atoms with E-state index in [-0.39, 0.29) is 11.8 Å². The molecule has 2 aliphatic heterocycles. The van der Waals surface area contributed by atoms with Crippen LogP contribution in [0.2, 0.25) is 0 Å². The summed E-state index contributed by atoms with van der Waals surface area (Å²) in [5.74, 6) is 0.518. The van der Waals surface area contributed by atoms with Gasteiger partial charge in [-0.05, 0) is 69.9 Å². The van der Waals surface area contributed by atoms with Crippen LogP contribution in [-0.4, -0.2) is 53.2 Å². The number of hydrogen-bond acceptors (Lipinski definition) is 6. The minimum Gasteiger partial charge on any atom is -0.486 e. The number of carbonyl (C=O) groups excluding carboxylic acids is 1. The Balaban J connectivity index is 1.27. The zero-order chi connectivity index (χ0) is 24.4. The van der Waals surface area contributed by atoms with Crippen molar-refractivity contribution in [3.8, 4) is 22.6 Å². The van der Waals surface area contributed by atoms with E-state index in [0.717, 1.165) is 23.2 Å². The normalized spacial score (nSPS) is 17.2. The molecule has 180 valence electrons. The maximum atomic E-state index is 13.0. The van der Waals surface area contributed by atoms with Crippen LogP contribution in [0.3, 0.4) is 0 Å². The van der Waals surface area contributed by atoms with Crippen LogP contribution in [-0.2, 0) is 11.3 Å². The van der Waals surface area contributed by atoms with Crippen LogP contribution in [0.4, 0.5) is 5.82 Å². The number of aromatic nitrogens is 1. The highest BCUT2D eigenvalue weighted by molar-refractivity contribution is 9.10.